The van der Waals surface area contributed by atoms with E-state index < -0.39 is 24.3 Å². The van der Waals surface area contributed by atoms with Gasteiger partial charge in [0.1, 0.15) is 13.2 Å². The van der Waals surface area contributed by atoms with Crippen molar-refractivity contribution in [1.82, 2.24) is 0 Å². The Morgan fingerprint density at radius 3 is 1.08 bits per heavy atom. The van der Waals surface area contributed by atoms with Gasteiger partial charge in [0.15, 0.2) is 6.10 Å². The number of aliphatic carboxylic acids is 1. The summed E-state index contributed by atoms with van der Waals surface area (Å²) in [6, 6.07) is 0. The zero-order valence-corrected chi connectivity index (χ0v) is 50.0. The largest absolute Gasteiger partial charge is 0.477 e. The van der Waals surface area contributed by atoms with E-state index in [1.807, 2.05) is 21.1 Å². The third-order valence-corrected chi connectivity index (χ3v) is 14.1. The van der Waals surface area contributed by atoms with Crippen LogP contribution in [0.4, 0.5) is 0 Å². The molecule has 2 unspecified atom stereocenters. The minimum atomic E-state index is -1.51. The number of hydrogen-bond acceptors (Lipinski definition) is 7. The van der Waals surface area contributed by atoms with Crippen LogP contribution in [0.2, 0.25) is 0 Å². The molecule has 0 aromatic heterocycles. The number of rotatable bonds is 59. The van der Waals surface area contributed by atoms with E-state index in [2.05, 4.69) is 62.5 Å². The molecule has 9 nitrogen and oxygen atoms in total. The van der Waals surface area contributed by atoms with Crippen LogP contribution in [0.25, 0.3) is 0 Å². The average Bonchev–Trinajstić information content (AvgIpc) is 3.38. The lowest BCUT2D eigenvalue weighted by molar-refractivity contribution is -0.870. The maximum absolute atomic E-state index is 12.9. The van der Waals surface area contributed by atoms with Crippen molar-refractivity contribution in [2.75, 3.05) is 47.5 Å². The molecule has 0 fully saturated rings. The molecule has 0 aromatic carbocycles. The maximum Gasteiger partial charge on any atom is 0.361 e. The summed E-state index contributed by atoms with van der Waals surface area (Å²) in [5.41, 5.74) is 0. The van der Waals surface area contributed by atoms with Crippen molar-refractivity contribution in [3.8, 4) is 0 Å². The number of esters is 2. The summed E-state index contributed by atoms with van der Waals surface area (Å²) < 4.78 is 22.9. The van der Waals surface area contributed by atoms with E-state index in [4.69, 9.17) is 18.9 Å². The molecule has 0 aliphatic heterocycles. The normalized spacial score (nSPS) is 13.0. The first-order valence-corrected chi connectivity index (χ1v) is 31.8. The highest BCUT2D eigenvalue weighted by Crippen LogP contribution is 2.17. The van der Waals surface area contributed by atoms with E-state index >= 15 is 0 Å². The molecule has 0 aliphatic rings. The Morgan fingerprint density at radius 1 is 0.400 bits per heavy atom. The van der Waals surface area contributed by atoms with Gasteiger partial charge < -0.3 is 28.5 Å². The van der Waals surface area contributed by atoms with Gasteiger partial charge >= 0.3 is 17.9 Å². The molecule has 2 atom stereocenters. The van der Waals surface area contributed by atoms with E-state index in [1.165, 1.54) is 205 Å². The van der Waals surface area contributed by atoms with Crippen LogP contribution in [0.1, 0.15) is 296 Å². The Morgan fingerprint density at radius 2 is 0.720 bits per heavy atom. The number of carboxylic acid groups (broad SMARTS) is 1. The van der Waals surface area contributed by atoms with Gasteiger partial charge in [-0.05, 0) is 77.0 Å². The van der Waals surface area contributed by atoms with Gasteiger partial charge in [0.25, 0.3) is 6.29 Å². The average molecular weight is 1060 g/mol. The highest BCUT2D eigenvalue weighted by Gasteiger charge is 2.25. The molecule has 0 rings (SSSR count). The Bertz CT molecular complexity index is 1370. The first kappa shape index (κ1) is 72.2. The number of carboxylic acids is 1. The summed E-state index contributed by atoms with van der Waals surface area (Å²) in [7, 11) is 5.97. The standard InChI is InChI=1S/C66H121NO8/c1-6-8-10-12-14-16-18-20-22-24-26-28-30-31-32-33-35-36-38-40-42-44-46-48-50-52-54-56-63(68)73-60-62(61-74-66(65(70)71)72-59-58-67(3,4)5)75-64(69)57-55-53-51-49-47-45-43-41-39-37-34-29-27-25-23-21-19-17-15-13-11-9-7-2/h19,21,24-27,34,37,62,66H,6-18,20,22-23,28-33,35-36,38-61H2,1-5H3/p+1/b21-19-,26-24-,27-25-,37-34-. The Hall–Kier alpha value is -2.75. The molecule has 75 heavy (non-hydrogen) atoms. The van der Waals surface area contributed by atoms with Gasteiger partial charge in [-0.2, -0.15) is 0 Å². The van der Waals surface area contributed by atoms with Crippen LogP contribution in [0.15, 0.2) is 48.6 Å². The lowest BCUT2D eigenvalue weighted by Crippen LogP contribution is -2.40. The van der Waals surface area contributed by atoms with E-state index in [0.29, 0.717) is 23.9 Å². The number of carbonyl (C=O) groups is 3. The van der Waals surface area contributed by atoms with Crippen LogP contribution >= 0.6 is 0 Å². The second-order valence-corrected chi connectivity index (χ2v) is 22.7. The van der Waals surface area contributed by atoms with Crippen molar-refractivity contribution in [2.45, 2.75) is 309 Å². The van der Waals surface area contributed by atoms with Crippen LogP contribution in [0.3, 0.4) is 0 Å². The number of quaternary nitrogens is 1. The summed E-state index contributed by atoms with van der Waals surface area (Å²) in [4.78, 5) is 37.5. The second-order valence-electron chi connectivity index (χ2n) is 22.7. The van der Waals surface area contributed by atoms with Crippen molar-refractivity contribution < 1.29 is 42.9 Å². The highest BCUT2D eigenvalue weighted by molar-refractivity contribution is 5.71. The number of allylic oxidation sites excluding steroid dienone is 8. The third-order valence-electron chi connectivity index (χ3n) is 14.1. The zero-order chi connectivity index (χ0) is 54.8. The molecule has 0 bridgehead atoms. The lowest BCUT2D eigenvalue weighted by Gasteiger charge is -2.25. The third kappa shape index (κ3) is 58.8. The Balaban J connectivity index is 4.18. The van der Waals surface area contributed by atoms with Gasteiger partial charge in [-0.25, -0.2) is 4.79 Å². The summed E-state index contributed by atoms with van der Waals surface area (Å²) in [5, 5.41) is 9.72. The molecule has 0 saturated heterocycles. The zero-order valence-electron chi connectivity index (χ0n) is 50.0. The van der Waals surface area contributed by atoms with Gasteiger partial charge in [0.05, 0.1) is 34.4 Å². The fourth-order valence-corrected chi connectivity index (χ4v) is 9.14. The summed E-state index contributed by atoms with van der Waals surface area (Å²) in [5.74, 6) is -2.00. The number of carbonyl (C=O) groups excluding carboxylic acids is 2. The van der Waals surface area contributed by atoms with Crippen molar-refractivity contribution in [3.05, 3.63) is 48.6 Å². The van der Waals surface area contributed by atoms with Crippen molar-refractivity contribution in [2.24, 2.45) is 0 Å². The fourth-order valence-electron chi connectivity index (χ4n) is 9.14. The van der Waals surface area contributed by atoms with Gasteiger partial charge in [0.2, 0.25) is 0 Å². The van der Waals surface area contributed by atoms with Crippen LogP contribution in [0, 0.1) is 0 Å². The SMILES string of the molecule is CCCCCCC/C=C\C/C=C\C/C=C\CCCCCCCCCCC(=O)OC(COC(=O)CCCCCCCCCCCCCCCCC/C=C\CCCCCCCCCC)COC(OCC[N+](C)(C)C)C(=O)O. The van der Waals surface area contributed by atoms with Crippen LogP contribution in [-0.4, -0.2) is 87.4 Å². The predicted octanol–water partition coefficient (Wildman–Crippen LogP) is 19.0. The van der Waals surface area contributed by atoms with Crippen molar-refractivity contribution >= 4 is 17.9 Å². The van der Waals surface area contributed by atoms with Gasteiger partial charge in [0, 0.05) is 12.8 Å². The van der Waals surface area contributed by atoms with E-state index in [9.17, 15) is 19.5 Å². The fraction of sp³-hybridized carbons (Fsp3) is 0.833. The summed E-state index contributed by atoms with van der Waals surface area (Å²) in [6.45, 7) is 4.90. The molecule has 0 saturated carbocycles. The van der Waals surface area contributed by atoms with Crippen LogP contribution in [0.5, 0.6) is 0 Å². The van der Waals surface area contributed by atoms with Gasteiger partial charge in [-0.15, -0.1) is 0 Å². The van der Waals surface area contributed by atoms with Crippen molar-refractivity contribution in [1.29, 1.82) is 0 Å². The number of hydrogen-bond donors (Lipinski definition) is 1. The molecule has 438 valence electrons. The molecule has 0 aliphatic carbocycles. The van der Waals surface area contributed by atoms with Crippen molar-refractivity contribution in [3.63, 3.8) is 0 Å². The topological polar surface area (TPSA) is 108 Å². The molecule has 9 heteroatoms. The molecule has 0 amide bonds. The first-order chi connectivity index (χ1) is 36.6. The summed E-state index contributed by atoms with van der Waals surface area (Å²) >= 11 is 0. The summed E-state index contributed by atoms with van der Waals surface area (Å²) in [6.07, 6.45) is 69.1. The first-order valence-electron chi connectivity index (χ1n) is 31.8. The number of ether oxygens (including phenoxy) is 4. The molecule has 1 N–H and O–H groups in total. The van der Waals surface area contributed by atoms with Crippen LogP contribution in [-0.2, 0) is 33.3 Å². The van der Waals surface area contributed by atoms with Gasteiger partial charge in [-0.3, -0.25) is 9.59 Å². The quantitative estimate of drug-likeness (QED) is 0.0211. The molecule has 0 heterocycles. The minimum Gasteiger partial charge on any atom is -0.477 e. The lowest BCUT2D eigenvalue weighted by atomic mass is 10.0. The smallest absolute Gasteiger partial charge is 0.361 e. The van der Waals surface area contributed by atoms with E-state index in [1.54, 1.807) is 0 Å². The number of unbranched alkanes of at least 4 members (excludes halogenated alkanes) is 36. The van der Waals surface area contributed by atoms with Gasteiger partial charge in [-0.1, -0.05) is 255 Å². The second kappa shape index (κ2) is 57.4. The Kier molecular flexibility index (Phi) is 55.3. The molecule has 0 spiro atoms. The monoisotopic (exact) mass is 1060 g/mol. The predicted molar refractivity (Wildman–Crippen MR) is 318 cm³/mol. The van der Waals surface area contributed by atoms with Crippen LogP contribution < -0.4 is 0 Å². The maximum atomic E-state index is 12.9. The molecular formula is C66H122NO8+. The van der Waals surface area contributed by atoms with E-state index in [0.717, 1.165) is 57.8 Å². The number of nitrogens with zero attached hydrogens (tertiary/aromatic N) is 1. The van der Waals surface area contributed by atoms with E-state index in [-0.39, 0.29) is 32.2 Å². The molecule has 0 radical (unpaired) electrons. The molecular weight excluding hydrogens is 935 g/mol. The minimum absolute atomic E-state index is 0.183. The molecule has 0 aromatic rings. The number of likely N-dealkylation sites (N-methyl/N-ethyl adjacent to an activating group) is 1. The Labute approximate surface area is 463 Å². The highest BCUT2D eigenvalue weighted by atomic mass is 16.7.